The van der Waals surface area contributed by atoms with Crippen molar-refractivity contribution in [3.05, 3.63) is 60.2 Å². The van der Waals surface area contributed by atoms with E-state index < -0.39 is 0 Å². The van der Waals surface area contributed by atoms with Crippen molar-refractivity contribution in [1.82, 2.24) is 15.1 Å². The van der Waals surface area contributed by atoms with Crippen molar-refractivity contribution in [2.75, 3.05) is 12.3 Å². The Morgan fingerprint density at radius 3 is 2.78 bits per heavy atom. The summed E-state index contributed by atoms with van der Waals surface area (Å²) in [4.78, 5) is 8.71. The van der Waals surface area contributed by atoms with Gasteiger partial charge in [-0.2, -0.15) is 4.98 Å². The van der Waals surface area contributed by atoms with Gasteiger partial charge in [-0.05, 0) is 42.3 Å². The summed E-state index contributed by atoms with van der Waals surface area (Å²) in [6.07, 6.45) is 4.33. The average molecular weight is 308 g/mol. The molecule has 2 aromatic heterocycles. The number of anilines is 1. The summed E-state index contributed by atoms with van der Waals surface area (Å²) in [5, 5.41) is 4.09. The largest absolute Gasteiger partial charge is 0.399 e. The van der Waals surface area contributed by atoms with E-state index in [9.17, 15) is 0 Å². The maximum absolute atomic E-state index is 5.85. The fourth-order valence-corrected chi connectivity index (χ4v) is 2.85. The molecule has 4 rings (SSSR count). The van der Waals surface area contributed by atoms with E-state index in [4.69, 9.17) is 15.0 Å². The van der Waals surface area contributed by atoms with E-state index >= 15 is 0 Å². The Balaban J connectivity index is 1.62. The predicted molar refractivity (Wildman–Crippen MR) is 84.4 cm³/mol. The number of hydrogen-bond acceptors (Lipinski definition) is 6. The SMILES string of the molecule is Nc1ccc(-c2noc([C@H]3CCO[C@@H]3c3cccnc3)n2)cc1. The number of pyridine rings is 1. The highest BCUT2D eigenvalue weighted by Crippen LogP contribution is 2.41. The molecule has 2 N–H and O–H groups in total. The maximum Gasteiger partial charge on any atom is 0.233 e. The van der Waals surface area contributed by atoms with Crippen molar-refractivity contribution in [3.63, 3.8) is 0 Å². The van der Waals surface area contributed by atoms with E-state index in [-0.39, 0.29) is 12.0 Å². The second-order valence-corrected chi connectivity index (χ2v) is 5.55. The second kappa shape index (κ2) is 5.81. The van der Waals surface area contributed by atoms with Crippen LogP contribution in [0.3, 0.4) is 0 Å². The van der Waals surface area contributed by atoms with Crippen molar-refractivity contribution >= 4 is 5.69 Å². The maximum atomic E-state index is 5.85. The third-order valence-electron chi connectivity index (χ3n) is 4.03. The number of rotatable bonds is 3. The third kappa shape index (κ3) is 2.68. The molecule has 3 aromatic rings. The van der Waals surface area contributed by atoms with E-state index in [0.717, 1.165) is 17.5 Å². The zero-order chi connectivity index (χ0) is 15.6. The summed E-state index contributed by atoms with van der Waals surface area (Å²) in [6.45, 7) is 0.670. The number of hydrogen-bond donors (Lipinski definition) is 1. The van der Waals surface area contributed by atoms with Gasteiger partial charge >= 0.3 is 0 Å². The quantitative estimate of drug-likeness (QED) is 0.748. The van der Waals surface area contributed by atoms with Crippen LogP contribution in [0.15, 0.2) is 53.3 Å². The molecule has 116 valence electrons. The Bertz CT molecular complexity index is 786. The molecule has 1 fully saturated rings. The minimum Gasteiger partial charge on any atom is -0.399 e. The van der Waals surface area contributed by atoms with E-state index in [1.54, 1.807) is 6.20 Å². The minimum atomic E-state index is -0.0941. The van der Waals surface area contributed by atoms with Gasteiger partial charge in [0.15, 0.2) is 0 Å². The van der Waals surface area contributed by atoms with Crippen LogP contribution in [0.4, 0.5) is 5.69 Å². The smallest absolute Gasteiger partial charge is 0.233 e. The van der Waals surface area contributed by atoms with Crippen LogP contribution >= 0.6 is 0 Å². The molecule has 6 nitrogen and oxygen atoms in total. The Kier molecular flexibility index (Phi) is 3.51. The highest BCUT2D eigenvalue weighted by Gasteiger charge is 2.35. The summed E-state index contributed by atoms with van der Waals surface area (Å²) >= 11 is 0. The van der Waals surface area contributed by atoms with Crippen LogP contribution in [0.1, 0.15) is 29.9 Å². The molecule has 2 atom stereocenters. The first kappa shape index (κ1) is 13.9. The molecule has 0 radical (unpaired) electrons. The highest BCUT2D eigenvalue weighted by atomic mass is 16.5. The summed E-state index contributed by atoms with van der Waals surface area (Å²) < 4.78 is 11.3. The minimum absolute atomic E-state index is 0.0502. The lowest BCUT2D eigenvalue weighted by Crippen LogP contribution is -2.06. The van der Waals surface area contributed by atoms with Crippen molar-refractivity contribution < 1.29 is 9.26 Å². The number of nitrogens with two attached hydrogens (primary N) is 1. The van der Waals surface area contributed by atoms with Crippen LogP contribution in [0.2, 0.25) is 0 Å². The number of ether oxygens (including phenoxy) is 1. The van der Waals surface area contributed by atoms with Crippen LogP contribution in [-0.2, 0) is 4.74 Å². The molecule has 0 amide bonds. The van der Waals surface area contributed by atoms with Crippen LogP contribution in [0.5, 0.6) is 0 Å². The zero-order valence-electron chi connectivity index (χ0n) is 12.4. The molecule has 0 saturated carbocycles. The lowest BCUT2D eigenvalue weighted by Gasteiger charge is -2.14. The van der Waals surface area contributed by atoms with Crippen molar-refractivity contribution in [1.29, 1.82) is 0 Å². The van der Waals surface area contributed by atoms with Gasteiger partial charge in [0.25, 0.3) is 0 Å². The monoisotopic (exact) mass is 308 g/mol. The van der Waals surface area contributed by atoms with Gasteiger partial charge in [-0.25, -0.2) is 0 Å². The fourth-order valence-electron chi connectivity index (χ4n) is 2.85. The zero-order valence-corrected chi connectivity index (χ0v) is 12.4. The third-order valence-corrected chi connectivity index (χ3v) is 4.03. The van der Waals surface area contributed by atoms with Crippen LogP contribution in [0.25, 0.3) is 11.4 Å². The molecule has 3 heterocycles. The summed E-state index contributed by atoms with van der Waals surface area (Å²) in [5.41, 5.74) is 8.32. The number of aromatic nitrogens is 3. The van der Waals surface area contributed by atoms with Crippen LogP contribution in [0, 0.1) is 0 Å². The summed E-state index contributed by atoms with van der Waals surface area (Å²) in [7, 11) is 0. The Hall–Kier alpha value is -2.73. The fraction of sp³-hybridized carbons (Fsp3) is 0.235. The molecule has 0 bridgehead atoms. The normalized spacial score (nSPS) is 20.7. The van der Waals surface area contributed by atoms with Gasteiger partial charge in [-0.15, -0.1) is 0 Å². The van der Waals surface area contributed by atoms with Crippen molar-refractivity contribution in [2.24, 2.45) is 0 Å². The second-order valence-electron chi connectivity index (χ2n) is 5.55. The van der Waals surface area contributed by atoms with Crippen molar-refractivity contribution in [2.45, 2.75) is 18.4 Å². The number of benzene rings is 1. The van der Waals surface area contributed by atoms with Crippen LogP contribution in [-0.4, -0.2) is 21.7 Å². The van der Waals surface area contributed by atoms with Gasteiger partial charge < -0.3 is 15.0 Å². The van der Waals surface area contributed by atoms with E-state index in [2.05, 4.69) is 15.1 Å². The lowest BCUT2D eigenvalue weighted by atomic mass is 9.96. The van der Waals surface area contributed by atoms with E-state index in [1.807, 2.05) is 42.6 Å². The molecule has 1 aliphatic rings. The van der Waals surface area contributed by atoms with Gasteiger partial charge in [-0.3, -0.25) is 4.98 Å². The topological polar surface area (TPSA) is 87.1 Å². The van der Waals surface area contributed by atoms with Crippen molar-refractivity contribution in [3.8, 4) is 11.4 Å². The molecule has 6 heteroatoms. The van der Waals surface area contributed by atoms with Gasteiger partial charge in [0, 0.05) is 30.3 Å². The molecule has 23 heavy (non-hydrogen) atoms. The first-order chi connectivity index (χ1) is 11.3. The van der Waals surface area contributed by atoms with E-state index in [1.165, 1.54) is 0 Å². The van der Waals surface area contributed by atoms with Gasteiger partial charge in [-0.1, -0.05) is 11.2 Å². The summed E-state index contributed by atoms with van der Waals surface area (Å²) in [6, 6.07) is 11.3. The molecular weight excluding hydrogens is 292 g/mol. The Morgan fingerprint density at radius 2 is 2.00 bits per heavy atom. The van der Waals surface area contributed by atoms with E-state index in [0.29, 0.717) is 24.0 Å². The molecule has 0 unspecified atom stereocenters. The molecule has 1 saturated heterocycles. The standard InChI is InChI=1S/C17H16N4O2/c18-13-5-3-11(4-6-13)16-20-17(23-21-16)14-7-9-22-15(14)12-2-1-8-19-10-12/h1-6,8,10,14-15H,7,9,18H2/t14-,15+/m0/s1. The number of nitrogen functional groups attached to an aromatic ring is 1. The number of nitrogens with zero attached hydrogens (tertiary/aromatic N) is 3. The Morgan fingerprint density at radius 1 is 1.13 bits per heavy atom. The van der Waals surface area contributed by atoms with Gasteiger partial charge in [0.1, 0.15) is 0 Å². The molecule has 1 aliphatic heterocycles. The van der Waals surface area contributed by atoms with Gasteiger partial charge in [0.05, 0.1) is 12.0 Å². The van der Waals surface area contributed by atoms with Crippen LogP contribution < -0.4 is 5.73 Å². The summed E-state index contributed by atoms with van der Waals surface area (Å²) in [5.74, 6) is 1.22. The molecule has 0 aliphatic carbocycles. The first-order valence-electron chi connectivity index (χ1n) is 7.52. The lowest BCUT2D eigenvalue weighted by molar-refractivity contribution is 0.0984. The predicted octanol–water partition coefficient (Wildman–Crippen LogP) is 2.96. The molecule has 0 spiro atoms. The van der Waals surface area contributed by atoms with Gasteiger partial charge in [0.2, 0.25) is 11.7 Å². The molecular formula is C17H16N4O2. The Labute approximate surface area is 133 Å². The first-order valence-corrected chi connectivity index (χ1v) is 7.52. The molecule has 1 aromatic carbocycles. The average Bonchev–Trinajstić information content (AvgIpc) is 3.25. The highest BCUT2D eigenvalue weighted by molar-refractivity contribution is 5.58.